The van der Waals surface area contributed by atoms with E-state index >= 15 is 0 Å². The first kappa shape index (κ1) is 15.9. The average molecular weight is 347 g/mol. The molecule has 0 bridgehead atoms. The van der Waals surface area contributed by atoms with Gasteiger partial charge in [0, 0.05) is 18.8 Å². The molecule has 0 spiro atoms. The molecule has 0 unspecified atom stereocenters. The summed E-state index contributed by atoms with van der Waals surface area (Å²) >= 11 is 6.04. The molecule has 0 aliphatic rings. The molecular formula is C16H12ClFN4O2. The highest BCUT2D eigenvalue weighted by Gasteiger charge is 2.18. The van der Waals surface area contributed by atoms with Gasteiger partial charge in [0.2, 0.25) is 5.91 Å². The summed E-state index contributed by atoms with van der Waals surface area (Å²) in [5.74, 6) is -1.52. The third-order valence-electron chi connectivity index (χ3n) is 3.24. The molecular weight excluding hydrogens is 335 g/mol. The summed E-state index contributed by atoms with van der Waals surface area (Å²) in [7, 11) is 0. The van der Waals surface area contributed by atoms with Gasteiger partial charge < -0.3 is 10.6 Å². The van der Waals surface area contributed by atoms with Crippen molar-refractivity contribution in [1.82, 2.24) is 9.38 Å². The molecule has 2 amide bonds. The van der Waals surface area contributed by atoms with Gasteiger partial charge in [-0.3, -0.25) is 14.0 Å². The summed E-state index contributed by atoms with van der Waals surface area (Å²) in [5, 5.41) is 5.03. The van der Waals surface area contributed by atoms with Gasteiger partial charge in [-0.1, -0.05) is 17.7 Å². The number of carbonyl (C=O) groups excluding carboxylic acids is 2. The minimum absolute atomic E-state index is 0.0236. The first-order valence-corrected chi connectivity index (χ1v) is 7.34. The molecule has 6 nitrogen and oxygen atoms in total. The number of benzene rings is 1. The van der Waals surface area contributed by atoms with E-state index in [1.165, 1.54) is 19.1 Å². The van der Waals surface area contributed by atoms with Gasteiger partial charge in [-0.2, -0.15) is 0 Å². The monoisotopic (exact) mass is 346 g/mol. The molecule has 0 saturated heterocycles. The Bertz CT molecular complexity index is 954. The number of hydrogen-bond donors (Lipinski definition) is 2. The summed E-state index contributed by atoms with van der Waals surface area (Å²) in [4.78, 5) is 27.7. The third-order valence-corrected chi connectivity index (χ3v) is 3.50. The molecule has 3 rings (SSSR count). The molecule has 24 heavy (non-hydrogen) atoms. The highest BCUT2D eigenvalue weighted by Crippen LogP contribution is 2.22. The van der Waals surface area contributed by atoms with Crippen LogP contribution in [0.2, 0.25) is 5.15 Å². The standard InChI is InChI=1S/C16H12ClFN4O2/c1-9(23)19-12-8-10(5-6-11(12)18)20-16(24)14-15(17)21-13-4-2-3-7-22(13)14/h2-8H,1H3,(H,19,23)(H,20,24). The quantitative estimate of drug-likeness (QED) is 0.763. The van der Waals surface area contributed by atoms with Crippen LogP contribution in [-0.2, 0) is 4.79 Å². The lowest BCUT2D eigenvalue weighted by atomic mass is 10.2. The molecule has 0 saturated carbocycles. The second-order valence-electron chi connectivity index (χ2n) is 5.01. The summed E-state index contributed by atoms with van der Waals surface area (Å²) in [6, 6.07) is 9.10. The number of anilines is 2. The van der Waals surface area contributed by atoms with Crippen LogP contribution in [0, 0.1) is 5.82 Å². The summed E-state index contributed by atoms with van der Waals surface area (Å²) in [5.41, 5.74) is 0.986. The number of hydrogen-bond acceptors (Lipinski definition) is 3. The lowest BCUT2D eigenvalue weighted by Gasteiger charge is -2.09. The molecule has 3 aromatic rings. The molecule has 0 aliphatic heterocycles. The summed E-state index contributed by atoms with van der Waals surface area (Å²) in [6.07, 6.45) is 1.66. The van der Waals surface area contributed by atoms with Crippen LogP contribution in [0.4, 0.5) is 15.8 Å². The Morgan fingerprint density at radius 3 is 2.75 bits per heavy atom. The van der Waals surface area contributed by atoms with E-state index in [0.717, 1.165) is 6.07 Å². The van der Waals surface area contributed by atoms with Gasteiger partial charge >= 0.3 is 0 Å². The summed E-state index contributed by atoms with van der Waals surface area (Å²) < 4.78 is 15.2. The van der Waals surface area contributed by atoms with Crippen LogP contribution >= 0.6 is 11.6 Å². The lowest BCUT2D eigenvalue weighted by molar-refractivity contribution is -0.114. The van der Waals surface area contributed by atoms with E-state index in [1.54, 1.807) is 28.8 Å². The van der Waals surface area contributed by atoms with E-state index in [0.29, 0.717) is 11.3 Å². The average Bonchev–Trinajstić information content (AvgIpc) is 2.86. The van der Waals surface area contributed by atoms with Crippen LogP contribution in [0.15, 0.2) is 42.6 Å². The Hall–Kier alpha value is -2.93. The van der Waals surface area contributed by atoms with E-state index in [4.69, 9.17) is 11.6 Å². The van der Waals surface area contributed by atoms with Crippen molar-refractivity contribution < 1.29 is 14.0 Å². The Kier molecular flexibility index (Phi) is 4.18. The highest BCUT2D eigenvalue weighted by molar-refractivity contribution is 6.33. The molecule has 0 atom stereocenters. The number of pyridine rings is 1. The molecule has 122 valence electrons. The largest absolute Gasteiger partial charge is 0.324 e. The normalized spacial score (nSPS) is 10.6. The first-order chi connectivity index (χ1) is 11.5. The lowest BCUT2D eigenvalue weighted by Crippen LogP contribution is -2.15. The van der Waals surface area contributed by atoms with Crippen LogP contribution in [0.3, 0.4) is 0 Å². The SMILES string of the molecule is CC(=O)Nc1cc(NC(=O)c2c(Cl)nc3ccccn23)ccc1F. The maximum Gasteiger partial charge on any atom is 0.275 e. The zero-order valence-corrected chi connectivity index (χ0v) is 13.3. The second kappa shape index (κ2) is 6.29. The van der Waals surface area contributed by atoms with E-state index in [1.807, 2.05) is 0 Å². The number of fused-ring (bicyclic) bond motifs is 1. The molecule has 0 radical (unpaired) electrons. The number of halogens is 2. The van der Waals surface area contributed by atoms with Crippen molar-refractivity contribution >= 4 is 40.4 Å². The summed E-state index contributed by atoms with van der Waals surface area (Å²) in [6.45, 7) is 1.27. The van der Waals surface area contributed by atoms with Crippen molar-refractivity contribution in [2.24, 2.45) is 0 Å². The molecule has 0 fully saturated rings. The van der Waals surface area contributed by atoms with Gasteiger partial charge in [0.25, 0.3) is 5.91 Å². The number of nitrogens with zero attached hydrogens (tertiary/aromatic N) is 2. The smallest absolute Gasteiger partial charge is 0.275 e. The number of rotatable bonds is 3. The maximum atomic E-state index is 13.7. The van der Waals surface area contributed by atoms with Gasteiger partial charge in [0.05, 0.1) is 5.69 Å². The Labute approximate surface area is 141 Å². The van der Waals surface area contributed by atoms with Crippen molar-refractivity contribution in [2.45, 2.75) is 6.92 Å². The molecule has 0 aliphatic carbocycles. The van der Waals surface area contributed by atoms with Crippen molar-refractivity contribution in [2.75, 3.05) is 10.6 Å². The van der Waals surface area contributed by atoms with E-state index in [9.17, 15) is 14.0 Å². The fourth-order valence-corrected chi connectivity index (χ4v) is 2.51. The molecule has 8 heteroatoms. The fourth-order valence-electron chi connectivity index (χ4n) is 2.25. The van der Waals surface area contributed by atoms with Crippen molar-refractivity contribution in [1.29, 1.82) is 0 Å². The molecule has 1 aromatic carbocycles. The minimum Gasteiger partial charge on any atom is -0.324 e. The van der Waals surface area contributed by atoms with Gasteiger partial charge in [-0.25, -0.2) is 9.37 Å². The number of aromatic nitrogens is 2. The predicted octanol–water partition coefficient (Wildman–Crippen LogP) is 3.34. The van der Waals surface area contributed by atoms with Gasteiger partial charge in [0.15, 0.2) is 10.8 Å². The van der Waals surface area contributed by atoms with E-state index < -0.39 is 17.6 Å². The van der Waals surface area contributed by atoms with Crippen molar-refractivity contribution in [3.63, 3.8) is 0 Å². The van der Waals surface area contributed by atoms with Gasteiger partial charge in [0.1, 0.15) is 11.5 Å². The number of amides is 2. The van der Waals surface area contributed by atoms with Crippen LogP contribution in [0.25, 0.3) is 5.65 Å². The van der Waals surface area contributed by atoms with E-state index in [-0.39, 0.29) is 16.5 Å². The molecule has 2 aromatic heterocycles. The van der Waals surface area contributed by atoms with Crippen LogP contribution < -0.4 is 10.6 Å². The molecule has 2 N–H and O–H groups in total. The number of carbonyl (C=O) groups is 2. The number of imidazole rings is 1. The Balaban J connectivity index is 1.92. The second-order valence-corrected chi connectivity index (χ2v) is 5.37. The molecule has 2 heterocycles. The third kappa shape index (κ3) is 3.07. The van der Waals surface area contributed by atoms with Crippen LogP contribution in [-0.4, -0.2) is 21.2 Å². The maximum absolute atomic E-state index is 13.7. The Morgan fingerprint density at radius 1 is 1.21 bits per heavy atom. The van der Waals surface area contributed by atoms with Crippen molar-refractivity contribution in [3.05, 3.63) is 59.3 Å². The fraction of sp³-hybridized carbons (Fsp3) is 0.0625. The zero-order valence-electron chi connectivity index (χ0n) is 12.5. The minimum atomic E-state index is -0.601. The topological polar surface area (TPSA) is 75.5 Å². The van der Waals surface area contributed by atoms with Crippen LogP contribution in [0.1, 0.15) is 17.4 Å². The van der Waals surface area contributed by atoms with Crippen molar-refractivity contribution in [3.8, 4) is 0 Å². The van der Waals surface area contributed by atoms with E-state index in [2.05, 4.69) is 15.6 Å². The zero-order chi connectivity index (χ0) is 17.3. The van der Waals surface area contributed by atoms with Crippen LogP contribution in [0.5, 0.6) is 0 Å². The highest BCUT2D eigenvalue weighted by atomic mass is 35.5. The van der Waals surface area contributed by atoms with Gasteiger partial charge in [-0.05, 0) is 30.3 Å². The first-order valence-electron chi connectivity index (χ1n) is 6.97. The predicted molar refractivity (Wildman–Crippen MR) is 88.9 cm³/mol. The Morgan fingerprint density at radius 2 is 2.00 bits per heavy atom. The number of nitrogens with one attached hydrogen (secondary N) is 2. The van der Waals surface area contributed by atoms with Gasteiger partial charge in [-0.15, -0.1) is 0 Å².